The monoisotopic (exact) mass is 257 g/mol. The molecule has 1 fully saturated rings. The third-order valence-electron chi connectivity index (χ3n) is 3.54. The largest absolute Gasteiger partial charge is 0.396 e. The van der Waals surface area contributed by atoms with E-state index in [4.69, 9.17) is 10.8 Å². The van der Waals surface area contributed by atoms with E-state index < -0.39 is 0 Å². The van der Waals surface area contributed by atoms with Crippen molar-refractivity contribution in [3.63, 3.8) is 0 Å². The lowest BCUT2D eigenvalue weighted by Gasteiger charge is -2.33. The first kappa shape index (κ1) is 15.4. The first-order valence-electron chi connectivity index (χ1n) is 7.08. The second-order valence-electron chi connectivity index (χ2n) is 5.06. The lowest BCUT2D eigenvalue weighted by atomic mass is 10.0. The maximum atomic E-state index is 11.1. The molecule has 1 rings (SSSR count). The molecule has 4 N–H and O–H groups in total. The van der Waals surface area contributed by atoms with Gasteiger partial charge in [-0.15, -0.1) is 0 Å². The highest BCUT2D eigenvalue weighted by Crippen LogP contribution is 2.13. The number of nitrogens with two attached hydrogens (primary N) is 1. The summed E-state index contributed by atoms with van der Waals surface area (Å²) in [5.41, 5.74) is 5.32. The molecule has 0 aliphatic carbocycles. The number of aliphatic hydroxyl groups excluding tert-OH is 1. The summed E-state index contributed by atoms with van der Waals surface area (Å²) in [6.45, 7) is 3.66. The summed E-state index contributed by atoms with van der Waals surface area (Å²) in [5.74, 6) is -0.233. The van der Waals surface area contributed by atoms with Crippen molar-refractivity contribution in [3.05, 3.63) is 0 Å². The zero-order chi connectivity index (χ0) is 13.2. The van der Waals surface area contributed by atoms with E-state index in [0.717, 1.165) is 58.2 Å². The van der Waals surface area contributed by atoms with Crippen LogP contribution in [0.15, 0.2) is 0 Å². The lowest BCUT2D eigenvalue weighted by molar-refractivity contribution is -0.119. The fraction of sp³-hybridized carbons (Fsp3) is 0.923. The highest BCUT2D eigenvalue weighted by atomic mass is 16.2. The predicted molar refractivity (Wildman–Crippen MR) is 72.2 cm³/mol. The zero-order valence-corrected chi connectivity index (χ0v) is 11.2. The number of rotatable bonds is 9. The summed E-state index contributed by atoms with van der Waals surface area (Å²) in [6, 6.07) is 0.497. The first-order chi connectivity index (χ1) is 8.74. The highest BCUT2D eigenvalue weighted by Gasteiger charge is 2.21. The quantitative estimate of drug-likeness (QED) is 0.511. The minimum Gasteiger partial charge on any atom is -0.396 e. The van der Waals surface area contributed by atoms with Gasteiger partial charge in [0.15, 0.2) is 0 Å². The zero-order valence-electron chi connectivity index (χ0n) is 11.2. The second kappa shape index (κ2) is 9.30. The smallest absolute Gasteiger partial charge is 0.231 e. The number of carbonyl (C=O) groups is 1. The summed E-state index contributed by atoms with van der Waals surface area (Å²) in [7, 11) is 0. The Hall–Kier alpha value is -0.650. The first-order valence-corrected chi connectivity index (χ1v) is 7.08. The van der Waals surface area contributed by atoms with Gasteiger partial charge in [0.25, 0.3) is 0 Å². The van der Waals surface area contributed by atoms with E-state index in [1.165, 1.54) is 0 Å². The number of carbonyl (C=O) groups excluding carboxylic acids is 1. The number of nitrogens with zero attached hydrogens (tertiary/aromatic N) is 1. The van der Waals surface area contributed by atoms with Crippen LogP contribution < -0.4 is 11.1 Å². The fourth-order valence-electron chi connectivity index (χ4n) is 2.54. The molecule has 0 aromatic heterocycles. The Labute approximate surface area is 110 Å². The third kappa shape index (κ3) is 6.33. The Morgan fingerprint density at radius 1 is 1.22 bits per heavy atom. The minimum atomic E-state index is -0.233. The number of amides is 1. The number of nitrogens with one attached hydrogen (secondary N) is 1. The van der Waals surface area contributed by atoms with Crippen LogP contribution in [0.2, 0.25) is 0 Å². The van der Waals surface area contributed by atoms with Gasteiger partial charge >= 0.3 is 0 Å². The van der Waals surface area contributed by atoms with Crippen molar-refractivity contribution in [2.45, 2.75) is 44.6 Å². The van der Waals surface area contributed by atoms with Crippen LogP contribution in [0.3, 0.4) is 0 Å². The van der Waals surface area contributed by atoms with Gasteiger partial charge in [0.05, 0.1) is 6.54 Å². The molecule has 1 amide bonds. The van der Waals surface area contributed by atoms with E-state index in [-0.39, 0.29) is 12.5 Å². The van der Waals surface area contributed by atoms with E-state index in [2.05, 4.69) is 10.2 Å². The molecule has 0 radical (unpaired) electrons. The summed E-state index contributed by atoms with van der Waals surface area (Å²) in [5, 5.41) is 12.1. The summed E-state index contributed by atoms with van der Waals surface area (Å²) >= 11 is 0. The molecular weight excluding hydrogens is 230 g/mol. The molecule has 18 heavy (non-hydrogen) atoms. The van der Waals surface area contributed by atoms with Gasteiger partial charge in [-0.2, -0.15) is 0 Å². The van der Waals surface area contributed by atoms with Gasteiger partial charge in [-0.05, 0) is 45.3 Å². The van der Waals surface area contributed by atoms with Crippen molar-refractivity contribution in [2.75, 3.05) is 32.8 Å². The molecule has 1 saturated heterocycles. The van der Waals surface area contributed by atoms with Crippen LogP contribution in [0.25, 0.3) is 0 Å². The van der Waals surface area contributed by atoms with Gasteiger partial charge in [0.2, 0.25) is 5.91 Å². The van der Waals surface area contributed by atoms with Crippen molar-refractivity contribution in [1.82, 2.24) is 10.2 Å². The number of hydrogen-bond acceptors (Lipinski definition) is 4. The second-order valence-corrected chi connectivity index (χ2v) is 5.06. The molecule has 1 aliphatic heterocycles. The van der Waals surface area contributed by atoms with Crippen molar-refractivity contribution in [3.8, 4) is 0 Å². The maximum Gasteiger partial charge on any atom is 0.231 e. The molecule has 1 heterocycles. The minimum absolute atomic E-state index is 0.233. The van der Waals surface area contributed by atoms with Gasteiger partial charge in [0, 0.05) is 12.6 Å². The van der Waals surface area contributed by atoms with Crippen LogP contribution in [0.1, 0.15) is 38.5 Å². The Morgan fingerprint density at radius 2 is 1.89 bits per heavy atom. The molecule has 0 aromatic carbocycles. The number of hydrogen-bond donors (Lipinski definition) is 3. The molecule has 106 valence electrons. The molecule has 0 spiro atoms. The molecule has 0 aromatic rings. The molecular formula is C13H27N3O2. The highest BCUT2D eigenvalue weighted by molar-refractivity contribution is 5.75. The van der Waals surface area contributed by atoms with E-state index >= 15 is 0 Å². The van der Waals surface area contributed by atoms with Crippen LogP contribution in [-0.4, -0.2) is 54.7 Å². The Bertz CT molecular complexity index is 230. The molecule has 0 bridgehead atoms. The Kier molecular flexibility index (Phi) is 7.96. The van der Waals surface area contributed by atoms with Gasteiger partial charge in [-0.1, -0.05) is 12.8 Å². The molecule has 5 nitrogen and oxygen atoms in total. The van der Waals surface area contributed by atoms with E-state index in [1.54, 1.807) is 0 Å². The van der Waals surface area contributed by atoms with E-state index in [9.17, 15) is 4.79 Å². The molecule has 1 aliphatic rings. The topological polar surface area (TPSA) is 78.6 Å². The summed E-state index contributed by atoms with van der Waals surface area (Å²) in [4.78, 5) is 13.4. The molecule has 0 atom stereocenters. The standard InChI is InChI=1S/C13H27N3O2/c14-13(18)11-16(9-3-1-2-4-10-17)12-5-7-15-8-6-12/h12,15,17H,1-11H2,(H2,14,18). The molecule has 5 heteroatoms. The number of unbranched alkanes of at least 4 members (excludes halogenated alkanes) is 3. The predicted octanol–water partition coefficient (Wildman–Crippen LogP) is 0.0784. The summed E-state index contributed by atoms with van der Waals surface area (Å²) < 4.78 is 0. The summed E-state index contributed by atoms with van der Waals surface area (Å²) in [6.07, 6.45) is 6.34. The SMILES string of the molecule is NC(=O)CN(CCCCCCO)C1CCNCC1. The van der Waals surface area contributed by atoms with Crippen LogP contribution in [0.5, 0.6) is 0 Å². The average Bonchev–Trinajstić information content (AvgIpc) is 2.38. The van der Waals surface area contributed by atoms with Gasteiger partial charge in [-0.25, -0.2) is 0 Å². The van der Waals surface area contributed by atoms with E-state index in [1.807, 2.05) is 0 Å². The van der Waals surface area contributed by atoms with Crippen LogP contribution in [0.4, 0.5) is 0 Å². The Morgan fingerprint density at radius 3 is 2.50 bits per heavy atom. The van der Waals surface area contributed by atoms with Crippen LogP contribution in [-0.2, 0) is 4.79 Å². The molecule has 0 saturated carbocycles. The fourth-order valence-corrected chi connectivity index (χ4v) is 2.54. The third-order valence-corrected chi connectivity index (χ3v) is 3.54. The average molecular weight is 257 g/mol. The Balaban J connectivity index is 2.27. The van der Waals surface area contributed by atoms with Crippen LogP contribution >= 0.6 is 0 Å². The van der Waals surface area contributed by atoms with Crippen molar-refractivity contribution < 1.29 is 9.90 Å². The number of piperidine rings is 1. The van der Waals surface area contributed by atoms with Gasteiger partial charge in [0.1, 0.15) is 0 Å². The van der Waals surface area contributed by atoms with E-state index in [0.29, 0.717) is 12.6 Å². The van der Waals surface area contributed by atoms with Crippen molar-refractivity contribution >= 4 is 5.91 Å². The lowest BCUT2D eigenvalue weighted by Crippen LogP contribution is -2.46. The number of primary amides is 1. The van der Waals surface area contributed by atoms with Gasteiger partial charge in [-0.3, -0.25) is 9.69 Å². The molecule has 0 unspecified atom stereocenters. The van der Waals surface area contributed by atoms with Crippen molar-refractivity contribution in [2.24, 2.45) is 5.73 Å². The van der Waals surface area contributed by atoms with Crippen molar-refractivity contribution in [1.29, 1.82) is 0 Å². The van der Waals surface area contributed by atoms with Gasteiger partial charge < -0.3 is 16.2 Å². The number of aliphatic hydroxyl groups is 1. The maximum absolute atomic E-state index is 11.1. The van der Waals surface area contributed by atoms with Crippen LogP contribution in [0, 0.1) is 0 Å². The normalized spacial score (nSPS) is 17.2.